The van der Waals surface area contributed by atoms with Gasteiger partial charge in [-0.05, 0) is 57.8 Å². The summed E-state index contributed by atoms with van der Waals surface area (Å²) < 4.78 is 16.6. The molecule has 0 aliphatic carbocycles. The summed E-state index contributed by atoms with van der Waals surface area (Å²) >= 11 is 0. The zero-order valence-electron chi connectivity index (χ0n) is 38.8. The molecule has 340 valence electrons. The fourth-order valence-electron chi connectivity index (χ4n) is 6.89. The van der Waals surface area contributed by atoms with Crippen LogP contribution >= 0.6 is 0 Å². The van der Waals surface area contributed by atoms with Gasteiger partial charge in [0.2, 0.25) is 0 Å². The minimum absolute atomic E-state index is 0.103. The molecule has 0 heterocycles. The summed E-state index contributed by atoms with van der Waals surface area (Å²) in [7, 11) is 0. The Morgan fingerprint density at radius 3 is 1.19 bits per heavy atom. The third kappa shape index (κ3) is 46.0. The Hall–Kier alpha value is -2.89. The molecular weight excluding hydrogens is 733 g/mol. The highest BCUT2D eigenvalue weighted by Crippen LogP contribution is 2.16. The highest BCUT2D eigenvalue weighted by atomic mass is 16.6. The second-order valence-electron chi connectivity index (χ2n) is 16.3. The first-order valence-electron chi connectivity index (χ1n) is 24.8. The Morgan fingerprint density at radius 1 is 0.373 bits per heavy atom. The van der Waals surface area contributed by atoms with Gasteiger partial charge in [0.1, 0.15) is 13.2 Å². The predicted octanol–water partition coefficient (Wildman–Crippen LogP) is 16.1. The van der Waals surface area contributed by atoms with Crippen molar-refractivity contribution in [3.8, 4) is 0 Å². The van der Waals surface area contributed by atoms with E-state index in [1.807, 2.05) is 6.08 Å². The number of ether oxygens (including phenoxy) is 3. The molecule has 0 amide bonds. The Bertz CT molecular complexity index is 1090. The largest absolute Gasteiger partial charge is 0.462 e. The number of allylic oxidation sites excluding steroid dienone is 9. The van der Waals surface area contributed by atoms with E-state index in [-0.39, 0.29) is 31.6 Å². The van der Waals surface area contributed by atoms with Crippen molar-refractivity contribution < 1.29 is 28.6 Å². The Kier molecular flexibility index (Phi) is 45.4. The first-order valence-corrected chi connectivity index (χ1v) is 24.8. The van der Waals surface area contributed by atoms with Crippen LogP contribution in [0.25, 0.3) is 0 Å². The lowest BCUT2D eigenvalue weighted by Crippen LogP contribution is -2.30. The topological polar surface area (TPSA) is 78.9 Å². The van der Waals surface area contributed by atoms with E-state index in [0.29, 0.717) is 12.8 Å². The predicted molar refractivity (Wildman–Crippen MR) is 251 cm³/mol. The van der Waals surface area contributed by atoms with E-state index in [1.165, 1.54) is 122 Å². The van der Waals surface area contributed by atoms with Crippen LogP contribution in [0.3, 0.4) is 0 Å². The van der Waals surface area contributed by atoms with Gasteiger partial charge in [-0.1, -0.05) is 223 Å². The van der Waals surface area contributed by atoms with Gasteiger partial charge in [0.05, 0.1) is 6.42 Å². The van der Waals surface area contributed by atoms with Crippen molar-refractivity contribution in [3.05, 3.63) is 60.8 Å². The highest BCUT2D eigenvalue weighted by molar-refractivity contribution is 5.72. The van der Waals surface area contributed by atoms with Gasteiger partial charge in [-0.2, -0.15) is 0 Å². The molecule has 0 fully saturated rings. The van der Waals surface area contributed by atoms with Crippen LogP contribution in [0, 0.1) is 0 Å². The maximum Gasteiger partial charge on any atom is 0.309 e. The minimum Gasteiger partial charge on any atom is -0.462 e. The van der Waals surface area contributed by atoms with Gasteiger partial charge in [-0.15, -0.1) is 0 Å². The number of rotatable bonds is 44. The van der Waals surface area contributed by atoms with E-state index in [0.717, 1.165) is 77.0 Å². The molecule has 6 heteroatoms. The van der Waals surface area contributed by atoms with E-state index in [9.17, 15) is 14.4 Å². The molecule has 0 aromatic rings. The molecule has 1 unspecified atom stereocenters. The van der Waals surface area contributed by atoms with E-state index in [1.54, 1.807) is 6.08 Å². The fourth-order valence-corrected chi connectivity index (χ4v) is 6.89. The molecule has 0 aromatic heterocycles. The zero-order chi connectivity index (χ0) is 43.0. The van der Waals surface area contributed by atoms with Crippen LogP contribution in [-0.4, -0.2) is 37.2 Å². The average molecular weight is 825 g/mol. The standard InChI is InChI=1S/C53H92O6/c1-4-7-10-13-16-19-21-23-25-26-27-28-30-31-34-37-40-43-46-52(55)58-49-50(48-57-51(54)45-42-39-36-33-18-15-12-9-6-3)59-53(56)47-44-41-38-35-32-29-24-22-20-17-14-11-8-5-2/h8-9,11-12,17-18,20,33,39,42,50H,4-7,10,13-16,19,21-32,34-38,40-41,43-49H2,1-3H3/b11-8-,12-9-,20-17-,33-18-,42-39-. The maximum absolute atomic E-state index is 12.7. The smallest absolute Gasteiger partial charge is 0.309 e. The van der Waals surface area contributed by atoms with Crippen molar-refractivity contribution in [1.82, 2.24) is 0 Å². The SMILES string of the molecule is CC/C=C\C/C=C\C/C=C\CC(=O)OCC(COC(=O)CCCCCCCCCCCCCCCCCCCC)OC(=O)CCCCCCCCC/C=C\C/C=C\CC. The molecule has 0 aliphatic rings. The van der Waals surface area contributed by atoms with Crippen LogP contribution in [0.5, 0.6) is 0 Å². The van der Waals surface area contributed by atoms with Crippen molar-refractivity contribution in [2.75, 3.05) is 13.2 Å². The lowest BCUT2D eigenvalue weighted by molar-refractivity contribution is -0.166. The molecule has 0 bridgehead atoms. The summed E-state index contributed by atoms with van der Waals surface area (Å²) in [6.45, 7) is 6.32. The van der Waals surface area contributed by atoms with Crippen molar-refractivity contribution >= 4 is 17.9 Å². The van der Waals surface area contributed by atoms with Crippen molar-refractivity contribution in [2.24, 2.45) is 0 Å². The summed E-state index contributed by atoms with van der Waals surface area (Å²) in [5, 5.41) is 0. The molecule has 6 nitrogen and oxygen atoms in total. The summed E-state index contributed by atoms with van der Waals surface area (Å²) in [6.07, 6.45) is 58.2. The van der Waals surface area contributed by atoms with Gasteiger partial charge in [0, 0.05) is 12.8 Å². The second kappa shape index (κ2) is 47.8. The minimum atomic E-state index is -0.810. The lowest BCUT2D eigenvalue weighted by atomic mass is 10.0. The van der Waals surface area contributed by atoms with Crippen LogP contribution in [0.1, 0.15) is 239 Å². The van der Waals surface area contributed by atoms with Gasteiger partial charge in [-0.25, -0.2) is 0 Å². The van der Waals surface area contributed by atoms with Gasteiger partial charge in [-0.3, -0.25) is 14.4 Å². The van der Waals surface area contributed by atoms with Crippen LogP contribution in [-0.2, 0) is 28.6 Å². The summed E-state index contributed by atoms with van der Waals surface area (Å²) in [5.74, 6) is -1.04. The quantitative estimate of drug-likeness (QED) is 0.0263. The lowest BCUT2D eigenvalue weighted by Gasteiger charge is -2.18. The summed E-state index contributed by atoms with van der Waals surface area (Å²) in [4.78, 5) is 37.7. The fraction of sp³-hybridized carbons (Fsp3) is 0.755. The summed E-state index contributed by atoms with van der Waals surface area (Å²) in [6, 6.07) is 0. The first kappa shape index (κ1) is 56.1. The van der Waals surface area contributed by atoms with E-state index in [4.69, 9.17) is 14.2 Å². The third-order valence-corrected chi connectivity index (χ3v) is 10.6. The van der Waals surface area contributed by atoms with E-state index in [2.05, 4.69) is 69.4 Å². The maximum atomic E-state index is 12.7. The number of unbranched alkanes of at least 4 members (excludes halogenated alkanes) is 24. The van der Waals surface area contributed by atoms with Crippen LogP contribution in [0.4, 0.5) is 0 Å². The molecule has 0 N–H and O–H groups in total. The zero-order valence-corrected chi connectivity index (χ0v) is 38.8. The molecule has 1 atom stereocenters. The van der Waals surface area contributed by atoms with Gasteiger partial charge in [0.15, 0.2) is 6.10 Å². The number of carbonyl (C=O) groups excluding carboxylic acids is 3. The van der Waals surface area contributed by atoms with E-state index < -0.39 is 12.1 Å². The third-order valence-electron chi connectivity index (χ3n) is 10.6. The first-order chi connectivity index (χ1) is 29.0. The summed E-state index contributed by atoms with van der Waals surface area (Å²) in [5.41, 5.74) is 0. The molecule has 0 aromatic carbocycles. The number of hydrogen-bond acceptors (Lipinski definition) is 6. The van der Waals surface area contributed by atoms with Crippen LogP contribution in [0.2, 0.25) is 0 Å². The van der Waals surface area contributed by atoms with Crippen LogP contribution in [0.15, 0.2) is 60.8 Å². The normalized spacial score (nSPS) is 12.5. The van der Waals surface area contributed by atoms with Gasteiger partial charge >= 0.3 is 17.9 Å². The molecule has 0 saturated heterocycles. The molecule has 0 aliphatic heterocycles. The highest BCUT2D eigenvalue weighted by Gasteiger charge is 2.19. The molecular formula is C53H92O6. The molecule has 0 saturated carbocycles. The number of hydrogen-bond donors (Lipinski definition) is 0. The van der Waals surface area contributed by atoms with Gasteiger partial charge < -0.3 is 14.2 Å². The van der Waals surface area contributed by atoms with Gasteiger partial charge in [0.25, 0.3) is 0 Å². The Labute approximate surface area is 364 Å². The Balaban J connectivity index is 4.33. The number of esters is 3. The molecule has 0 rings (SSSR count). The molecule has 0 spiro atoms. The van der Waals surface area contributed by atoms with Crippen LogP contribution < -0.4 is 0 Å². The molecule has 0 radical (unpaired) electrons. The van der Waals surface area contributed by atoms with Crippen molar-refractivity contribution in [1.29, 1.82) is 0 Å². The second-order valence-corrected chi connectivity index (χ2v) is 16.3. The van der Waals surface area contributed by atoms with Crippen molar-refractivity contribution in [3.63, 3.8) is 0 Å². The van der Waals surface area contributed by atoms with E-state index >= 15 is 0 Å². The average Bonchev–Trinajstić information content (AvgIpc) is 3.23. The van der Waals surface area contributed by atoms with Crippen molar-refractivity contribution in [2.45, 2.75) is 245 Å². The molecule has 59 heavy (non-hydrogen) atoms. The number of carbonyl (C=O) groups is 3. The monoisotopic (exact) mass is 825 g/mol. The Morgan fingerprint density at radius 2 is 0.729 bits per heavy atom.